The van der Waals surface area contributed by atoms with Crippen LogP contribution in [0.1, 0.15) is 0 Å². The van der Waals surface area contributed by atoms with E-state index in [1.54, 1.807) is 0 Å². The Kier molecular flexibility index (Phi) is 7.59. The summed E-state index contributed by atoms with van der Waals surface area (Å²) in [5, 5.41) is 25.7. The average molecular weight is 969 g/mol. The molecule has 3 heteroatoms. The number of hydrogen-bond acceptors (Lipinski definition) is 0. The van der Waals surface area contributed by atoms with Gasteiger partial charge in [-0.2, -0.15) is 0 Å². The molecule has 2 nitrogen and oxygen atoms in total. The maximum absolute atomic E-state index is 2.72. The molecule has 2 aliphatic rings. The molecule has 0 aliphatic carbocycles. The van der Waals surface area contributed by atoms with Gasteiger partial charge >= 0.3 is 0 Å². The first-order chi connectivity index (χ1) is 38.2. The highest BCUT2D eigenvalue weighted by atomic mass is 15.0. The topological polar surface area (TPSA) is 9.86 Å². The van der Waals surface area contributed by atoms with Crippen molar-refractivity contribution >= 4 is 153 Å². The second kappa shape index (κ2) is 14.5. The van der Waals surface area contributed by atoms with Crippen LogP contribution in [0.15, 0.2) is 249 Å². The van der Waals surface area contributed by atoms with Crippen LogP contribution in [-0.2, 0) is 0 Å². The lowest BCUT2D eigenvalue weighted by Gasteiger charge is -2.34. The summed E-state index contributed by atoms with van der Waals surface area (Å²) in [4.78, 5) is 0. The van der Waals surface area contributed by atoms with Crippen LogP contribution in [0.3, 0.4) is 0 Å². The van der Waals surface area contributed by atoms with Gasteiger partial charge in [0.1, 0.15) is 0 Å². The summed E-state index contributed by atoms with van der Waals surface area (Å²) in [6.07, 6.45) is 0. The van der Waals surface area contributed by atoms with Gasteiger partial charge in [-0.3, -0.25) is 0 Å². The summed E-state index contributed by atoms with van der Waals surface area (Å²) in [6.45, 7) is -0.0707. The van der Waals surface area contributed by atoms with Crippen LogP contribution in [0.5, 0.6) is 0 Å². The van der Waals surface area contributed by atoms with Crippen molar-refractivity contribution in [2.24, 2.45) is 0 Å². The number of nitrogens with zero attached hydrogens (tertiary/aromatic N) is 2. The summed E-state index contributed by atoms with van der Waals surface area (Å²) in [5.74, 6) is 0. The highest BCUT2D eigenvalue weighted by Gasteiger charge is 2.42. The summed E-state index contributed by atoms with van der Waals surface area (Å²) in [5.41, 5.74) is 16.5. The van der Waals surface area contributed by atoms with Gasteiger partial charge in [0.25, 0.3) is 6.71 Å². The first-order valence-corrected chi connectivity index (χ1v) is 27.0. The Morgan fingerprint density at radius 2 is 0.701 bits per heavy atom. The summed E-state index contributed by atoms with van der Waals surface area (Å²) in [7, 11) is 0. The molecule has 15 aromatic carbocycles. The first kappa shape index (κ1) is 40.4. The van der Waals surface area contributed by atoms with E-state index in [1.807, 2.05) is 0 Å². The fraction of sp³-hybridized carbons (Fsp3) is 0. The minimum atomic E-state index is -0.0707. The average Bonchev–Trinajstić information content (AvgIpc) is 4.07. The lowest BCUT2D eigenvalue weighted by atomic mass is 9.34. The second-order valence-electron chi connectivity index (χ2n) is 21.8. The maximum atomic E-state index is 2.72. The Labute approximate surface area is 441 Å². The van der Waals surface area contributed by atoms with Gasteiger partial charge in [0.2, 0.25) is 0 Å². The molecule has 350 valence electrons. The van der Waals surface area contributed by atoms with E-state index in [1.165, 1.54) is 180 Å². The van der Waals surface area contributed by atoms with Crippen LogP contribution in [0, 0.1) is 0 Å². The minimum Gasteiger partial charge on any atom is -0.310 e. The van der Waals surface area contributed by atoms with Crippen molar-refractivity contribution in [3.63, 3.8) is 0 Å². The van der Waals surface area contributed by atoms with Gasteiger partial charge in [-0.25, -0.2) is 0 Å². The van der Waals surface area contributed by atoms with Crippen molar-refractivity contribution in [1.29, 1.82) is 0 Å². The van der Waals surface area contributed by atoms with E-state index in [2.05, 4.69) is 258 Å². The third-order valence-corrected chi connectivity index (χ3v) is 18.1. The Hall–Kier alpha value is -9.96. The predicted octanol–water partition coefficient (Wildman–Crippen LogP) is 17.6. The van der Waals surface area contributed by atoms with Crippen molar-refractivity contribution < 1.29 is 0 Å². The smallest absolute Gasteiger partial charge is 0.252 e. The minimum absolute atomic E-state index is 0.0707. The molecule has 0 unspecified atom stereocenters. The normalized spacial score (nSPS) is 12.9. The summed E-state index contributed by atoms with van der Waals surface area (Å²) >= 11 is 0. The van der Waals surface area contributed by atoms with Gasteiger partial charge in [0.05, 0.1) is 16.6 Å². The molecule has 0 N–H and O–H groups in total. The highest BCUT2D eigenvalue weighted by Crippen LogP contribution is 2.49. The molecule has 0 fully saturated rings. The molecule has 0 saturated carbocycles. The fourth-order valence-corrected chi connectivity index (χ4v) is 15.0. The number of hydrogen-bond donors (Lipinski definition) is 0. The third-order valence-electron chi connectivity index (χ3n) is 18.1. The zero-order valence-electron chi connectivity index (χ0n) is 41.6. The maximum Gasteiger partial charge on any atom is 0.252 e. The molecule has 2 aliphatic heterocycles. The van der Waals surface area contributed by atoms with E-state index >= 15 is 0 Å². The number of fused-ring (bicyclic) bond motifs is 26. The third kappa shape index (κ3) is 5.12. The SMILES string of the molecule is c1cc2c3c(c1)-n1c4c(cc5c6ccccc6c6ccccc6c5c4c4ccc5c6ccccc6c6ccccc6c5c41)B3c1cc(-c3ccc4ccccc4c3)cc3c4cc(-c5ccc6ccccc6c5)ccc4n-2c13. The largest absolute Gasteiger partial charge is 0.310 e. The second-order valence-corrected chi connectivity index (χ2v) is 21.8. The zero-order valence-corrected chi connectivity index (χ0v) is 41.6. The van der Waals surface area contributed by atoms with Crippen molar-refractivity contribution in [3.05, 3.63) is 249 Å². The lowest BCUT2D eigenvalue weighted by molar-refractivity contribution is 1.15. The fourth-order valence-electron chi connectivity index (χ4n) is 15.0. The number of aromatic nitrogens is 2. The van der Waals surface area contributed by atoms with E-state index < -0.39 is 0 Å². The zero-order chi connectivity index (χ0) is 49.8. The van der Waals surface area contributed by atoms with Gasteiger partial charge < -0.3 is 9.13 Å². The van der Waals surface area contributed by atoms with E-state index in [0.717, 1.165) is 0 Å². The van der Waals surface area contributed by atoms with Gasteiger partial charge in [-0.05, 0) is 157 Å². The van der Waals surface area contributed by atoms with Crippen LogP contribution < -0.4 is 16.4 Å². The van der Waals surface area contributed by atoms with E-state index in [0.29, 0.717) is 0 Å². The molecule has 0 spiro atoms. The molecule has 0 atom stereocenters. The predicted molar refractivity (Wildman–Crippen MR) is 331 cm³/mol. The summed E-state index contributed by atoms with van der Waals surface area (Å²) < 4.78 is 5.35. The van der Waals surface area contributed by atoms with Crippen molar-refractivity contribution in [1.82, 2.24) is 9.13 Å². The molecular formula is C74H41BN2. The Balaban J connectivity index is 1.02. The Bertz CT molecular complexity index is 5560. The molecule has 0 amide bonds. The van der Waals surface area contributed by atoms with E-state index in [9.17, 15) is 0 Å². The molecule has 0 radical (unpaired) electrons. The number of rotatable bonds is 2. The van der Waals surface area contributed by atoms with Crippen molar-refractivity contribution in [2.75, 3.05) is 0 Å². The molecule has 0 bridgehead atoms. The molecule has 19 rings (SSSR count). The van der Waals surface area contributed by atoms with Gasteiger partial charge in [0, 0.05) is 49.2 Å². The van der Waals surface area contributed by atoms with Gasteiger partial charge in [-0.1, -0.05) is 206 Å². The molecule has 4 heterocycles. The van der Waals surface area contributed by atoms with Gasteiger partial charge in [0.15, 0.2) is 0 Å². The molecule has 17 aromatic rings. The lowest BCUT2D eigenvalue weighted by Crippen LogP contribution is -2.59. The Morgan fingerprint density at radius 3 is 1.35 bits per heavy atom. The molecule has 2 aromatic heterocycles. The van der Waals surface area contributed by atoms with Crippen LogP contribution in [0.25, 0.3) is 163 Å². The van der Waals surface area contributed by atoms with E-state index in [4.69, 9.17) is 0 Å². The molecule has 77 heavy (non-hydrogen) atoms. The Morgan fingerprint density at radius 1 is 0.234 bits per heavy atom. The quantitative estimate of drug-likeness (QED) is 0.121. The molecule has 0 saturated heterocycles. The van der Waals surface area contributed by atoms with Gasteiger partial charge in [-0.15, -0.1) is 0 Å². The van der Waals surface area contributed by atoms with Crippen LogP contribution in [-0.4, -0.2) is 15.8 Å². The standard InChI is InChI=1S/C74H41BN2/c1-3-16-44-36-46(30-28-42(44)14-1)48-32-35-65-60(38-48)62-39-49(47-31-29-43-15-2-4-17-45(43)37-47)40-63-72(62)76(65)66-26-13-27-67-71(66)75(63)64-41-61-55-23-8-6-19-51(55)52-20-9-11-24-56(52)68(61)70-59-34-33-58-54-22-7-5-18-50(54)53-21-10-12-25-57(53)69(58)73(59)77(67)74(64)70/h1-41H. The van der Waals surface area contributed by atoms with Crippen molar-refractivity contribution in [2.45, 2.75) is 0 Å². The summed E-state index contributed by atoms with van der Waals surface area (Å²) in [6, 6.07) is 94.8. The van der Waals surface area contributed by atoms with Crippen LogP contribution in [0.2, 0.25) is 0 Å². The van der Waals surface area contributed by atoms with Crippen LogP contribution >= 0.6 is 0 Å². The number of benzene rings is 15. The molecular weight excluding hydrogens is 928 g/mol. The first-order valence-electron chi connectivity index (χ1n) is 27.0. The highest BCUT2D eigenvalue weighted by molar-refractivity contribution is 7.00. The van der Waals surface area contributed by atoms with Crippen molar-refractivity contribution in [3.8, 4) is 33.6 Å². The van der Waals surface area contributed by atoms with Crippen LogP contribution in [0.4, 0.5) is 0 Å². The van der Waals surface area contributed by atoms with E-state index in [-0.39, 0.29) is 6.71 Å². The monoisotopic (exact) mass is 968 g/mol.